The molecule has 1 aliphatic rings. The van der Waals surface area contributed by atoms with E-state index in [-0.39, 0.29) is 18.9 Å². The number of hydrogen-bond donors (Lipinski definition) is 2. The molecule has 5 heteroatoms. The summed E-state index contributed by atoms with van der Waals surface area (Å²) in [5.41, 5.74) is 3.49. The molecule has 3 rings (SSSR count). The molecule has 0 saturated heterocycles. The topological polar surface area (TPSA) is 75.6 Å². The Morgan fingerprint density at radius 2 is 1.69 bits per heavy atom. The largest absolute Gasteiger partial charge is 0.481 e. The Hall–Kier alpha value is -3.08. The monoisotopic (exact) mass is 351 g/mol. The Kier molecular flexibility index (Phi) is 4.80. The molecule has 134 valence electrons. The molecule has 5 nitrogen and oxygen atoms in total. The molecule has 2 aromatic carbocycles. The minimum absolute atomic E-state index is 0.0392. The maximum Gasteiger partial charge on any atom is 0.407 e. The number of aliphatic carboxylic acids is 1. The maximum absolute atomic E-state index is 12.2. The zero-order valence-electron chi connectivity index (χ0n) is 14.6. The molecule has 26 heavy (non-hydrogen) atoms. The van der Waals surface area contributed by atoms with Crippen molar-refractivity contribution >= 4 is 12.1 Å². The summed E-state index contributed by atoms with van der Waals surface area (Å²) in [6, 6.07) is 16.1. The Morgan fingerprint density at radius 3 is 2.19 bits per heavy atom. The van der Waals surface area contributed by atoms with Crippen molar-refractivity contribution in [1.29, 1.82) is 0 Å². The van der Waals surface area contributed by atoms with Crippen molar-refractivity contribution in [2.75, 3.05) is 6.61 Å². The van der Waals surface area contributed by atoms with Crippen LogP contribution >= 0.6 is 0 Å². The van der Waals surface area contributed by atoms with E-state index in [1.54, 1.807) is 6.92 Å². The summed E-state index contributed by atoms with van der Waals surface area (Å²) in [5, 5.41) is 11.6. The Morgan fingerprint density at radius 1 is 1.15 bits per heavy atom. The third-order valence-electron chi connectivity index (χ3n) is 4.70. The van der Waals surface area contributed by atoms with Gasteiger partial charge in [0.2, 0.25) is 0 Å². The van der Waals surface area contributed by atoms with Gasteiger partial charge in [0.05, 0.1) is 12.0 Å². The van der Waals surface area contributed by atoms with Gasteiger partial charge in [-0.1, -0.05) is 54.6 Å². The highest BCUT2D eigenvalue weighted by Crippen LogP contribution is 2.44. The SMILES string of the molecule is C=CC(C)(CC(=O)O)NC(=O)OCC1c2ccccc2-c2ccccc21. The van der Waals surface area contributed by atoms with Crippen LogP contribution in [0.1, 0.15) is 30.4 Å². The van der Waals surface area contributed by atoms with Crippen LogP contribution in [0.3, 0.4) is 0 Å². The maximum atomic E-state index is 12.2. The smallest absolute Gasteiger partial charge is 0.407 e. The van der Waals surface area contributed by atoms with Crippen LogP contribution in [0.2, 0.25) is 0 Å². The van der Waals surface area contributed by atoms with E-state index in [4.69, 9.17) is 9.84 Å². The number of alkyl carbamates (subject to hydrolysis) is 1. The van der Waals surface area contributed by atoms with Gasteiger partial charge in [0, 0.05) is 5.92 Å². The fraction of sp³-hybridized carbons (Fsp3) is 0.238. The predicted octanol–water partition coefficient (Wildman–Crippen LogP) is 3.94. The number of fused-ring (bicyclic) bond motifs is 3. The molecular formula is C21H21NO4. The van der Waals surface area contributed by atoms with Crippen LogP contribution in [0.15, 0.2) is 61.2 Å². The highest BCUT2D eigenvalue weighted by Gasteiger charge is 2.31. The van der Waals surface area contributed by atoms with Crippen LogP contribution in [0.5, 0.6) is 0 Å². The molecule has 1 unspecified atom stereocenters. The van der Waals surface area contributed by atoms with E-state index in [0.29, 0.717) is 0 Å². The van der Waals surface area contributed by atoms with Gasteiger partial charge in [0.25, 0.3) is 0 Å². The number of nitrogens with one attached hydrogen (secondary N) is 1. The van der Waals surface area contributed by atoms with E-state index in [2.05, 4.69) is 24.0 Å². The molecule has 0 aromatic heterocycles. The average Bonchev–Trinajstić information content (AvgIpc) is 2.93. The second-order valence-corrected chi connectivity index (χ2v) is 6.64. The second kappa shape index (κ2) is 7.04. The fourth-order valence-corrected chi connectivity index (χ4v) is 3.35. The highest BCUT2D eigenvalue weighted by molar-refractivity contribution is 5.79. The predicted molar refractivity (Wildman–Crippen MR) is 99.1 cm³/mol. The zero-order chi connectivity index (χ0) is 18.7. The Balaban J connectivity index is 1.73. The number of carboxylic acid groups (broad SMARTS) is 1. The fourth-order valence-electron chi connectivity index (χ4n) is 3.35. The lowest BCUT2D eigenvalue weighted by atomic mass is 9.98. The van der Waals surface area contributed by atoms with Crippen LogP contribution in [0.4, 0.5) is 4.79 Å². The van der Waals surface area contributed by atoms with Crippen molar-refractivity contribution in [2.24, 2.45) is 0 Å². The lowest BCUT2D eigenvalue weighted by Gasteiger charge is -2.25. The molecule has 0 radical (unpaired) electrons. The van der Waals surface area contributed by atoms with Crippen LogP contribution in [-0.4, -0.2) is 29.3 Å². The van der Waals surface area contributed by atoms with Crippen molar-refractivity contribution in [3.8, 4) is 11.1 Å². The third-order valence-corrected chi connectivity index (χ3v) is 4.70. The standard InChI is InChI=1S/C21H21NO4/c1-3-21(2,12-19(23)24)22-20(25)26-13-18-16-10-6-4-8-14(16)15-9-5-7-11-17(15)18/h3-11,18H,1,12-13H2,2H3,(H,22,25)(H,23,24). The molecule has 0 spiro atoms. The number of carbonyl (C=O) groups is 2. The quantitative estimate of drug-likeness (QED) is 0.773. The first-order chi connectivity index (χ1) is 12.4. The van der Waals surface area contributed by atoms with E-state index in [0.717, 1.165) is 22.3 Å². The molecule has 1 amide bonds. The molecule has 0 fully saturated rings. The number of benzene rings is 2. The van der Waals surface area contributed by atoms with Crippen molar-refractivity contribution in [2.45, 2.75) is 24.8 Å². The average molecular weight is 351 g/mol. The van der Waals surface area contributed by atoms with Gasteiger partial charge in [0.15, 0.2) is 0 Å². The number of carboxylic acids is 1. The molecule has 1 atom stereocenters. The number of rotatable bonds is 6. The van der Waals surface area contributed by atoms with E-state index in [1.807, 2.05) is 36.4 Å². The second-order valence-electron chi connectivity index (χ2n) is 6.64. The van der Waals surface area contributed by atoms with Gasteiger partial charge in [-0.2, -0.15) is 0 Å². The van der Waals surface area contributed by atoms with E-state index in [1.165, 1.54) is 6.08 Å². The Labute approximate surface area is 152 Å². The molecule has 1 aliphatic carbocycles. The number of ether oxygens (including phenoxy) is 1. The number of carbonyl (C=O) groups excluding carboxylic acids is 1. The van der Waals surface area contributed by atoms with Crippen molar-refractivity contribution in [3.63, 3.8) is 0 Å². The minimum Gasteiger partial charge on any atom is -0.481 e. The molecular weight excluding hydrogens is 330 g/mol. The summed E-state index contributed by atoms with van der Waals surface area (Å²) in [7, 11) is 0. The first kappa shape index (κ1) is 17.7. The van der Waals surface area contributed by atoms with Crippen LogP contribution in [0, 0.1) is 0 Å². The normalized spacial score (nSPS) is 14.7. The number of hydrogen-bond acceptors (Lipinski definition) is 3. The van der Waals surface area contributed by atoms with Gasteiger partial charge < -0.3 is 15.2 Å². The molecule has 2 aromatic rings. The first-order valence-electron chi connectivity index (χ1n) is 8.42. The van der Waals surface area contributed by atoms with Gasteiger partial charge in [-0.15, -0.1) is 6.58 Å². The molecule has 0 bridgehead atoms. The van der Waals surface area contributed by atoms with Gasteiger partial charge in [-0.05, 0) is 29.2 Å². The van der Waals surface area contributed by atoms with Gasteiger partial charge in [-0.3, -0.25) is 4.79 Å². The minimum atomic E-state index is -1.06. The summed E-state index contributed by atoms with van der Waals surface area (Å²) in [6.07, 6.45) is 0.485. The summed E-state index contributed by atoms with van der Waals surface area (Å²) < 4.78 is 5.43. The lowest BCUT2D eigenvalue weighted by Crippen LogP contribution is -2.46. The van der Waals surface area contributed by atoms with Crippen molar-refractivity contribution in [3.05, 3.63) is 72.3 Å². The summed E-state index contributed by atoms with van der Waals surface area (Å²) in [6.45, 7) is 5.38. The molecule has 0 heterocycles. The van der Waals surface area contributed by atoms with Gasteiger partial charge >= 0.3 is 12.1 Å². The van der Waals surface area contributed by atoms with Crippen LogP contribution in [-0.2, 0) is 9.53 Å². The zero-order valence-corrected chi connectivity index (χ0v) is 14.6. The molecule has 0 saturated carbocycles. The van der Waals surface area contributed by atoms with Gasteiger partial charge in [0.1, 0.15) is 6.61 Å². The lowest BCUT2D eigenvalue weighted by molar-refractivity contribution is -0.138. The summed E-state index contributed by atoms with van der Waals surface area (Å²) in [5.74, 6) is -1.06. The van der Waals surface area contributed by atoms with Gasteiger partial charge in [-0.25, -0.2) is 4.79 Å². The van der Waals surface area contributed by atoms with Crippen LogP contribution < -0.4 is 5.32 Å². The van der Waals surface area contributed by atoms with Crippen molar-refractivity contribution in [1.82, 2.24) is 5.32 Å². The third kappa shape index (κ3) is 3.47. The van der Waals surface area contributed by atoms with Crippen LogP contribution in [0.25, 0.3) is 11.1 Å². The van der Waals surface area contributed by atoms with E-state index >= 15 is 0 Å². The first-order valence-corrected chi connectivity index (χ1v) is 8.42. The summed E-state index contributed by atoms with van der Waals surface area (Å²) >= 11 is 0. The van der Waals surface area contributed by atoms with E-state index in [9.17, 15) is 9.59 Å². The van der Waals surface area contributed by atoms with Crippen molar-refractivity contribution < 1.29 is 19.4 Å². The molecule has 2 N–H and O–H groups in total. The number of amides is 1. The highest BCUT2D eigenvalue weighted by atomic mass is 16.5. The Bertz CT molecular complexity index is 815. The summed E-state index contributed by atoms with van der Waals surface area (Å²) in [4.78, 5) is 23.2. The molecule has 0 aliphatic heterocycles. The van der Waals surface area contributed by atoms with E-state index < -0.39 is 17.6 Å².